The summed E-state index contributed by atoms with van der Waals surface area (Å²) in [5.41, 5.74) is 0. The van der Waals surface area contributed by atoms with Gasteiger partial charge in [-0.15, -0.1) is 0 Å². The van der Waals surface area contributed by atoms with Crippen LogP contribution < -0.4 is 0 Å². The normalized spacial score (nSPS) is 10.6. The van der Waals surface area contributed by atoms with Crippen molar-refractivity contribution in [2.24, 2.45) is 0 Å². The quantitative estimate of drug-likeness (QED) is 0.715. The van der Waals surface area contributed by atoms with Crippen LogP contribution in [0.3, 0.4) is 0 Å². The number of hydrogen-bond acceptors (Lipinski definition) is 3. The molecule has 0 fully saturated rings. The summed E-state index contributed by atoms with van der Waals surface area (Å²) in [5.74, 6) is 0. The maximum Gasteiger partial charge on any atom is 0.179 e. The average molecular weight is 379 g/mol. The minimum absolute atomic E-state index is 0. The predicted octanol–water partition coefficient (Wildman–Crippen LogP) is 3.90. The van der Waals surface area contributed by atoms with Crippen LogP contribution in [0.4, 0.5) is 0 Å². The van der Waals surface area contributed by atoms with Crippen molar-refractivity contribution >= 4 is 34.0 Å². The molecule has 0 aliphatic rings. The lowest BCUT2D eigenvalue weighted by molar-refractivity contribution is 0.559. The first-order valence-electron chi connectivity index (χ1n) is 6.54. The van der Waals surface area contributed by atoms with Gasteiger partial charge in [-0.1, -0.05) is 14.9 Å². The van der Waals surface area contributed by atoms with Crippen LogP contribution in [-0.4, -0.2) is 49.1 Å². The first-order chi connectivity index (χ1) is 7.42. The largest absolute Gasteiger partial charge is 0.458 e. The monoisotopic (exact) mass is 378 g/mol. The van der Waals surface area contributed by atoms with Crippen LogP contribution in [0.1, 0.15) is 14.9 Å². The molecule has 0 spiro atoms. The molecule has 0 aliphatic carbocycles. The zero-order valence-corrected chi connectivity index (χ0v) is 19.0. The fourth-order valence-electron chi connectivity index (χ4n) is 0.707. The van der Waals surface area contributed by atoms with Crippen LogP contribution >= 0.6 is 0 Å². The van der Waals surface area contributed by atoms with E-state index in [0.717, 1.165) is 0 Å². The molecule has 0 unspecified atom stereocenters. The Balaban J connectivity index is -0.0000000389. The Bertz CT molecular complexity index is 170. The first-order valence-corrected chi connectivity index (χ1v) is 19.6. The van der Waals surface area contributed by atoms with Crippen molar-refractivity contribution in [3.8, 4) is 0 Å². The van der Waals surface area contributed by atoms with E-state index in [1.165, 1.54) is 0 Å². The van der Waals surface area contributed by atoms with Gasteiger partial charge in [0.05, 0.1) is 0 Å². The molecule has 21 heavy (non-hydrogen) atoms. The van der Waals surface area contributed by atoms with Crippen molar-refractivity contribution < 1.29 is 19.2 Å². The smallest absolute Gasteiger partial charge is 0.179 e. The summed E-state index contributed by atoms with van der Waals surface area (Å²) in [6, 6.07) is 0. The zero-order chi connectivity index (χ0) is 15.8. The molecule has 0 radical (unpaired) electrons. The molecule has 0 atom stereocenters. The topological polar surface area (TPSA) is 81.2 Å². The second kappa shape index (κ2) is 15.6. The van der Waals surface area contributed by atoms with Gasteiger partial charge in [-0.2, -0.15) is 0 Å². The molecule has 0 amide bonds. The molecular formula is C13H46O4Si4. The van der Waals surface area contributed by atoms with E-state index in [1.54, 1.807) is 0 Å². The summed E-state index contributed by atoms with van der Waals surface area (Å²) in [6.07, 6.45) is 0. The van der Waals surface area contributed by atoms with E-state index in [1.807, 2.05) is 39.3 Å². The van der Waals surface area contributed by atoms with Crippen LogP contribution in [0.15, 0.2) is 0 Å². The van der Waals surface area contributed by atoms with Gasteiger partial charge in [-0.3, -0.25) is 0 Å². The highest BCUT2D eigenvalue weighted by Gasteiger charge is 2.15. The van der Waals surface area contributed by atoms with Crippen molar-refractivity contribution in [1.82, 2.24) is 0 Å². The molecule has 0 aromatic rings. The summed E-state index contributed by atoms with van der Waals surface area (Å²) in [7, 11) is -5.11. The predicted molar refractivity (Wildman–Crippen MR) is 112 cm³/mol. The maximum absolute atomic E-state index is 8.66. The number of rotatable bonds is 2. The second-order valence-corrected chi connectivity index (χ2v) is 23.6. The molecule has 0 saturated carbocycles. The molecule has 0 saturated heterocycles. The standard InChI is InChI=1S/C5H16OSi2.2C3H10OSi.2CH4.H2O/c1-7(2)6-8(3,4)5;2*1-5(2,3)4;;;/h7H,1-5H3;2*4H,1-3H3;2*1H4;1H2. The van der Waals surface area contributed by atoms with Crippen molar-refractivity contribution in [2.45, 2.75) is 86.9 Å². The molecule has 0 aromatic heterocycles. The van der Waals surface area contributed by atoms with Gasteiger partial charge >= 0.3 is 0 Å². The highest BCUT2D eigenvalue weighted by molar-refractivity contribution is 6.76. The Morgan fingerprint density at radius 3 is 0.810 bits per heavy atom. The van der Waals surface area contributed by atoms with Gasteiger partial charge in [-0.05, 0) is 72.0 Å². The molecule has 4 N–H and O–H groups in total. The zero-order valence-electron chi connectivity index (χ0n) is 14.9. The molecule has 8 heteroatoms. The molecule has 0 bridgehead atoms. The van der Waals surface area contributed by atoms with Gasteiger partial charge < -0.3 is 19.2 Å². The van der Waals surface area contributed by atoms with E-state index in [9.17, 15) is 0 Å². The average Bonchev–Trinajstić information content (AvgIpc) is 1.67. The molecular weight excluding hydrogens is 332 g/mol. The van der Waals surface area contributed by atoms with Crippen LogP contribution in [0.5, 0.6) is 0 Å². The second-order valence-electron chi connectivity index (χ2n) is 7.62. The van der Waals surface area contributed by atoms with Gasteiger partial charge in [0.25, 0.3) is 0 Å². The maximum atomic E-state index is 8.66. The van der Waals surface area contributed by atoms with Crippen molar-refractivity contribution in [2.75, 3.05) is 0 Å². The van der Waals surface area contributed by atoms with E-state index >= 15 is 0 Å². The summed E-state index contributed by atoms with van der Waals surface area (Å²) in [6.45, 7) is 22.4. The molecule has 0 aliphatic heterocycles. The summed E-state index contributed by atoms with van der Waals surface area (Å²) in [4.78, 5) is 17.3. The Morgan fingerprint density at radius 1 is 0.667 bits per heavy atom. The van der Waals surface area contributed by atoms with Crippen molar-refractivity contribution in [3.63, 3.8) is 0 Å². The SMILES string of the molecule is C.C.C[SiH](C)O[Si](C)(C)C.C[Si](C)(C)O.C[Si](C)(C)O.O. The van der Waals surface area contributed by atoms with Gasteiger partial charge in [0.2, 0.25) is 0 Å². The minimum Gasteiger partial charge on any atom is -0.458 e. The van der Waals surface area contributed by atoms with Crippen LogP contribution in [0.25, 0.3) is 0 Å². The summed E-state index contributed by atoms with van der Waals surface area (Å²) < 4.78 is 5.72. The van der Waals surface area contributed by atoms with Crippen LogP contribution in [-0.2, 0) is 4.12 Å². The highest BCUT2D eigenvalue weighted by atomic mass is 28.4. The highest BCUT2D eigenvalue weighted by Crippen LogP contribution is 2.03. The molecule has 0 rings (SSSR count). The third-order valence-corrected chi connectivity index (χ3v) is 5.30. The Hall–Kier alpha value is 0.708. The fraction of sp³-hybridized carbons (Fsp3) is 1.00. The molecule has 4 nitrogen and oxygen atoms in total. The summed E-state index contributed by atoms with van der Waals surface area (Å²) in [5, 5.41) is 0. The Morgan fingerprint density at radius 2 is 0.810 bits per heavy atom. The third-order valence-electron chi connectivity index (χ3n) is 0.589. The van der Waals surface area contributed by atoms with Gasteiger partial charge in [-0.25, -0.2) is 0 Å². The Labute approximate surface area is 140 Å². The summed E-state index contributed by atoms with van der Waals surface area (Å²) >= 11 is 0. The van der Waals surface area contributed by atoms with Gasteiger partial charge in [0, 0.05) is 0 Å². The number of hydrogen-bond donors (Lipinski definition) is 2. The van der Waals surface area contributed by atoms with Gasteiger partial charge in [0.1, 0.15) is 0 Å². The lowest BCUT2D eigenvalue weighted by atomic mass is 11.8. The lowest BCUT2D eigenvalue weighted by Gasteiger charge is -2.19. The molecule has 0 aromatic carbocycles. The van der Waals surface area contributed by atoms with E-state index in [0.29, 0.717) is 0 Å². The van der Waals surface area contributed by atoms with E-state index < -0.39 is 34.0 Å². The van der Waals surface area contributed by atoms with E-state index in [4.69, 9.17) is 13.7 Å². The third kappa shape index (κ3) is 222. The van der Waals surface area contributed by atoms with Crippen LogP contribution in [0, 0.1) is 0 Å². The Kier molecular flexibility index (Phi) is 28.0. The fourth-order valence-corrected chi connectivity index (χ4v) is 6.36. The van der Waals surface area contributed by atoms with E-state index in [2.05, 4.69) is 32.7 Å². The molecule has 0 heterocycles. The minimum atomic E-state index is -1.61. The lowest BCUT2D eigenvalue weighted by Crippen LogP contribution is -2.31. The van der Waals surface area contributed by atoms with E-state index in [-0.39, 0.29) is 20.3 Å². The van der Waals surface area contributed by atoms with Crippen LogP contribution in [0.2, 0.25) is 72.0 Å². The van der Waals surface area contributed by atoms with Crippen molar-refractivity contribution in [3.05, 3.63) is 0 Å². The van der Waals surface area contributed by atoms with Crippen molar-refractivity contribution in [1.29, 1.82) is 0 Å². The molecule has 138 valence electrons. The van der Waals surface area contributed by atoms with Gasteiger partial charge in [0.15, 0.2) is 34.0 Å². The first kappa shape index (κ1) is 37.7.